The third-order valence-electron chi connectivity index (χ3n) is 3.33. The number of amides is 1. The number of anilines is 3. The smallest absolute Gasteiger partial charge is 0.257 e. The summed E-state index contributed by atoms with van der Waals surface area (Å²) in [6.45, 7) is 0. The average molecular weight is 394 g/mol. The van der Waals surface area contributed by atoms with Crippen molar-refractivity contribution in [1.82, 2.24) is 4.98 Å². The minimum absolute atomic E-state index is 0.0624. The van der Waals surface area contributed by atoms with Gasteiger partial charge < -0.3 is 10.6 Å². The number of nitrogens with zero attached hydrogens (tertiary/aromatic N) is 1. The summed E-state index contributed by atoms with van der Waals surface area (Å²) in [5.41, 5.74) is 1.09. The first-order chi connectivity index (χ1) is 12.4. The monoisotopic (exact) mass is 393 g/mol. The number of rotatable bonds is 4. The molecule has 0 aliphatic carbocycles. The lowest BCUT2D eigenvalue weighted by Crippen LogP contribution is -2.12. The van der Waals surface area contributed by atoms with E-state index in [1.54, 1.807) is 18.2 Å². The Morgan fingerprint density at radius 3 is 2.35 bits per heavy atom. The van der Waals surface area contributed by atoms with Crippen LogP contribution >= 0.6 is 23.2 Å². The van der Waals surface area contributed by atoms with Gasteiger partial charge in [0.2, 0.25) is 0 Å². The highest BCUT2D eigenvalue weighted by Crippen LogP contribution is 2.24. The van der Waals surface area contributed by atoms with E-state index in [4.69, 9.17) is 23.2 Å². The summed E-state index contributed by atoms with van der Waals surface area (Å²) in [5.74, 6) is -1.88. The molecule has 2 N–H and O–H groups in total. The molecule has 0 unspecified atom stereocenters. The number of halogens is 4. The number of nitrogens with one attached hydrogen (secondary N) is 2. The summed E-state index contributed by atoms with van der Waals surface area (Å²) in [7, 11) is 0. The summed E-state index contributed by atoms with van der Waals surface area (Å²) < 4.78 is 26.7. The maximum absolute atomic E-state index is 13.7. The maximum atomic E-state index is 13.7. The van der Waals surface area contributed by atoms with Gasteiger partial charge in [0.15, 0.2) is 0 Å². The Morgan fingerprint density at radius 1 is 0.923 bits per heavy atom. The van der Waals surface area contributed by atoms with Crippen molar-refractivity contribution in [3.8, 4) is 0 Å². The van der Waals surface area contributed by atoms with Crippen LogP contribution in [-0.2, 0) is 0 Å². The molecule has 0 aliphatic rings. The fraction of sp³-hybridized carbons (Fsp3) is 0. The molecule has 0 bridgehead atoms. The largest absolute Gasteiger partial charge is 0.352 e. The molecular weight excluding hydrogens is 383 g/mol. The van der Waals surface area contributed by atoms with Crippen LogP contribution in [0.2, 0.25) is 10.0 Å². The summed E-state index contributed by atoms with van der Waals surface area (Å²) in [4.78, 5) is 16.3. The normalized spacial score (nSPS) is 10.5. The first-order valence-corrected chi connectivity index (χ1v) is 8.11. The molecule has 3 aromatic rings. The van der Waals surface area contributed by atoms with Crippen LogP contribution < -0.4 is 10.6 Å². The van der Waals surface area contributed by atoms with Gasteiger partial charge in [-0.15, -0.1) is 0 Å². The van der Waals surface area contributed by atoms with Crippen LogP contribution in [0.5, 0.6) is 0 Å². The zero-order chi connectivity index (χ0) is 18.7. The van der Waals surface area contributed by atoms with Gasteiger partial charge in [-0.3, -0.25) is 9.78 Å². The molecule has 8 heteroatoms. The Labute approximate surface area is 157 Å². The molecule has 1 heterocycles. The topological polar surface area (TPSA) is 54.0 Å². The Balaban J connectivity index is 1.78. The van der Waals surface area contributed by atoms with E-state index in [1.807, 2.05) is 0 Å². The van der Waals surface area contributed by atoms with Crippen molar-refractivity contribution in [2.24, 2.45) is 0 Å². The zero-order valence-electron chi connectivity index (χ0n) is 13.1. The third-order valence-corrected chi connectivity index (χ3v) is 3.77. The summed E-state index contributed by atoms with van der Waals surface area (Å²) in [6, 6.07) is 9.27. The van der Waals surface area contributed by atoms with Crippen LogP contribution in [0.4, 0.5) is 25.8 Å². The average Bonchev–Trinajstić information content (AvgIpc) is 2.57. The van der Waals surface area contributed by atoms with E-state index in [1.165, 1.54) is 24.5 Å². The van der Waals surface area contributed by atoms with Crippen molar-refractivity contribution in [2.45, 2.75) is 0 Å². The Bertz CT molecular complexity index is 962. The van der Waals surface area contributed by atoms with Crippen molar-refractivity contribution in [1.29, 1.82) is 0 Å². The summed E-state index contributed by atoms with van der Waals surface area (Å²) >= 11 is 11.8. The van der Waals surface area contributed by atoms with Crippen LogP contribution in [0.1, 0.15) is 10.4 Å². The van der Waals surface area contributed by atoms with E-state index in [0.29, 0.717) is 21.4 Å². The number of carbonyl (C=O) groups is 1. The molecule has 0 saturated carbocycles. The van der Waals surface area contributed by atoms with Gasteiger partial charge in [0.05, 0.1) is 23.1 Å². The van der Waals surface area contributed by atoms with Gasteiger partial charge in [0, 0.05) is 28.0 Å². The second-order valence-electron chi connectivity index (χ2n) is 5.32. The van der Waals surface area contributed by atoms with Gasteiger partial charge >= 0.3 is 0 Å². The molecule has 4 nitrogen and oxygen atoms in total. The molecule has 3 rings (SSSR count). The van der Waals surface area contributed by atoms with E-state index in [0.717, 1.165) is 12.1 Å². The van der Waals surface area contributed by atoms with Gasteiger partial charge in [-0.2, -0.15) is 0 Å². The number of aromatic nitrogens is 1. The van der Waals surface area contributed by atoms with Crippen LogP contribution in [0, 0.1) is 11.6 Å². The molecular formula is C18H11Cl2F2N3O. The molecule has 0 saturated heterocycles. The summed E-state index contributed by atoms with van der Waals surface area (Å²) in [6.07, 6.45) is 2.77. The first-order valence-electron chi connectivity index (χ1n) is 7.35. The molecule has 1 amide bonds. The Kier molecular flexibility index (Phi) is 5.35. The lowest BCUT2D eigenvalue weighted by molar-refractivity contribution is 0.102. The fourth-order valence-corrected chi connectivity index (χ4v) is 2.73. The Morgan fingerprint density at radius 2 is 1.65 bits per heavy atom. The number of hydrogen-bond donors (Lipinski definition) is 2. The molecule has 0 fully saturated rings. The molecule has 0 aliphatic heterocycles. The molecule has 0 spiro atoms. The van der Waals surface area contributed by atoms with Crippen LogP contribution in [0.15, 0.2) is 54.9 Å². The van der Waals surface area contributed by atoms with E-state index < -0.39 is 17.5 Å². The lowest BCUT2D eigenvalue weighted by Gasteiger charge is -2.10. The van der Waals surface area contributed by atoms with Gasteiger partial charge in [-0.1, -0.05) is 23.2 Å². The number of carbonyl (C=O) groups excluding carboxylic acids is 1. The second kappa shape index (κ2) is 7.68. The molecule has 0 radical (unpaired) electrons. The van der Waals surface area contributed by atoms with Gasteiger partial charge in [0.1, 0.15) is 11.6 Å². The van der Waals surface area contributed by atoms with Gasteiger partial charge in [-0.25, -0.2) is 8.78 Å². The quantitative estimate of drug-likeness (QED) is 0.600. The van der Waals surface area contributed by atoms with Crippen molar-refractivity contribution in [3.05, 3.63) is 82.1 Å². The number of hydrogen-bond acceptors (Lipinski definition) is 3. The van der Waals surface area contributed by atoms with E-state index in [2.05, 4.69) is 15.6 Å². The standard InChI is InChI=1S/C18H11Cl2F2N3O/c19-11-4-12(20)6-14(5-11)25-18(26)10-3-15(9-23-8-10)24-17-2-1-13(21)7-16(17)22/h1-9,24H,(H,25,26). The number of benzene rings is 2. The molecule has 132 valence electrons. The Hall–Kier alpha value is -2.70. The van der Waals surface area contributed by atoms with Crippen molar-refractivity contribution in [3.63, 3.8) is 0 Å². The van der Waals surface area contributed by atoms with Gasteiger partial charge in [0.25, 0.3) is 5.91 Å². The first kappa shape index (κ1) is 18.1. The fourth-order valence-electron chi connectivity index (χ4n) is 2.21. The predicted molar refractivity (Wildman–Crippen MR) is 98.3 cm³/mol. The van der Waals surface area contributed by atoms with Crippen molar-refractivity contribution >= 4 is 46.2 Å². The van der Waals surface area contributed by atoms with E-state index >= 15 is 0 Å². The zero-order valence-corrected chi connectivity index (χ0v) is 14.6. The van der Waals surface area contributed by atoms with Crippen LogP contribution in [0.3, 0.4) is 0 Å². The lowest BCUT2D eigenvalue weighted by atomic mass is 10.2. The van der Waals surface area contributed by atoms with Crippen LogP contribution in [-0.4, -0.2) is 10.9 Å². The SMILES string of the molecule is O=C(Nc1cc(Cl)cc(Cl)c1)c1cncc(Nc2ccc(F)cc2F)c1. The third kappa shape index (κ3) is 4.47. The van der Waals surface area contributed by atoms with E-state index in [-0.39, 0.29) is 11.3 Å². The highest BCUT2D eigenvalue weighted by Gasteiger charge is 2.10. The molecule has 26 heavy (non-hydrogen) atoms. The van der Waals surface area contributed by atoms with Crippen molar-refractivity contribution in [2.75, 3.05) is 10.6 Å². The van der Waals surface area contributed by atoms with E-state index in [9.17, 15) is 13.6 Å². The second-order valence-corrected chi connectivity index (χ2v) is 6.20. The highest BCUT2D eigenvalue weighted by molar-refractivity contribution is 6.35. The van der Waals surface area contributed by atoms with Crippen LogP contribution in [0.25, 0.3) is 0 Å². The molecule has 2 aromatic carbocycles. The van der Waals surface area contributed by atoms with Gasteiger partial charge in [-0.05, 0) is 36.4 Å². The minimum Gasteiger partial charge on any atom is -0.352 e. The molecule has 1 aromatic heterocycles. The minimum atomic E-state index is -0.756. The highest BCUT2D eigenvalue weighted by atomic mass is 35.5. The number of pyridine rings is 1. The molecule has 0 atom stereocenters. The van der Waals surface area contributed by atoms with Crippen molar-refractivity contribution < 1.29 is 13.6 Å². The summed E-state index contributed by atoms with van der Waals surface area (Å²) in [5, 5.41) is 6.17. The predicted octanol–water partition coefficient (Wildman–Crippen LogP) is 5.66. The maximum Gasteiger partial charge on any atom is 0.257 e.